The predicted molar refractivity (Wildman–Crippen MR) is 53.9 cm³/mol. The van der Waals surface area contributed by atoms with Gasteiger partial charge in [-0.3, -0.25) is 0 Å². The van der Waals surface area contributed by atoms with Crippen molar-refractivity contribution in [3.8, 4) is 11.8 Å². The van der Waals surface area contributed by atoms with E-state index in [9.17, 15) is 4.79 Å². The molecule has 0 aliphatic rings. The lowest BCUT2D eigenvalue weighted by Gasteiger charge is -2.10. The Hall–Kier alpha value is -2.02. The van der Waals surface area contributed by atoms with Crippen molar-refractivity contribution < 1.29 is 14.6 Å². The molecule has 78 valence electrons. The molecule has 0 fully saturated rings. The summed E-state index contributed by atoms with van der Waals surface area (Å²) in [6, 6.07) is 6.85. The molecule has 1 aromatic rings. The van der Waals surface area contributed by atoms with E-state index in [4.69, 9.17) is 15.1 Å². The van der Waals surface area contributed by atoms with Gasteiger partial charge in [0.2, 0.25) is 0 Å². The first-order valence-corrected chi connectivity index (χ1v) is 4.49. The van der Waals surface area contributed by atoms with E-state index in [0.717, 1.165) is 5.56 Å². The Morgan fingerprint density at radius 3 is 2.93 bits per heavy atom. The molecule has 1 N–H and O–H groups in total. The summed E-state index contributed by atoms with van der Waals surface area (Å²) in [5.41, 5.74) is 0.890. The number of carboxylic acids is 1. The van der Waals surface area contributed by atoms with Gasteiger partial charge in [-0.1, -0.05) is 12.1 Å². The van der Waals surface area contributed by atoms with Gasteiger partial charge in [0.15, 0.2) is 0 Å². The molecule has 0 aliphatic carbocycles. The van der Waals surface area contributed by atoms with Gasteiger partial charge in [0, 0.05) is 0 Å². The third-order valence-corrected chi connectivity index (χ3v) is 1.90. The van der Waals surface area contributed by atoms with Crippen molar-refractivity contribution in [2.24, 2.45) is 0 Å². The van der Waals surface area contributed by atoms with Crippen LogP contribution in [0.25, 0.3) is 0 Å². The van der Waals surface area contributed by atoms with E-state index in [1.165, 1.54) is 6.07 Å². The maximum Gasteiger partial charge on any atom is 0.339 e. The molecule has 4 heteroatoms. The van der Waals surface area contributed by atoms with E-state index < -0.39 is 5.97 Å². The molecule has 15 heavy (non-hydrogen) atoms. The Morgan fingerprint density at radius 2 is 2.33 bits per heavy atom. The van der Waals surface area contributed by atoms with Crippen molar-refractivity contribution in [1.29, 1.82) is 5.26 Å². The van der Waals surface area contributed by atoms with Gasteiger partial charge in [-0.15, -0.1) is 0 Å². The quantitative estimate of drug-likeness (QED) is 0.763. The predicted octanol–water partition coefficient (Wildman–Crippen LogP) is 1.99. The summed E-state index contributed by atoms with van der Waals surface area (Å²) >= 11 is 0. The van der Waals surface area contributed by atoms with E-state index in [1.807, 2.05) is 6.07 Å². The Balaban J connectivity index is 2.93. The molecule has 0 aromatic heterocycles. The molecule has 0 bridgehead atoms. The number of para-hydroxylation sites is 1. The van der Waals surface area contributed by atoms with E-state index >= 15 is 0 Å². The normalized spacial score (nSPS) is 9.33. The highest BCUT2D eigenvalue weighted by Gasteiger charge is 2.12. The molecule has 1 rings (SSSR count). The SMILES string of the molecule is Cc1cccc(C(=O)O)c1OCCC#N. The van der Waals surface area contributed by atoms with Crippen molar-refractivity contribution in [2.45, 2.75) is 13.3 Å². The van der Waals surface area contributed by atoms with Crippen molar-refractivity contribution >= 4 is 5.97 Å². The van der Waals surface area contributed by atoms with Crippen LogP contribution in [0, 0.1) is 18.3 Å². The van der Waals surface area contributed by atoms with Crippen molar-refractivity contribution in [1.82, 2.24) is 0 Å². The molecule has 0 saturated carbocycles. The zero-order chi connectivity index (χ0) is 11.3. The summed E-state index contributed by atoms with van der Waals surface area (Å²) < 4.78 is 5.27. The molecule has 0 aliphatic heterocycles. The summed E-state index contributed by atoms with van der Waals surface area (Å²) in [5, 5.41) is 17.2. The fraction of sp³-hybridized carbons (Fsp3) is 0.273. The van der Waals surface area contributed by atoms with Crippen LogP contribution in [0.4, 0.5) is 0 Å². The van der Waals surface area contributed by atoms with Crippen LogP contribution in [0.1, 0.15) is 22.3 Å². The number of hydrogen-bond acceptors (Lipinski definition) is 3. The van der Waals surface area contributed by atoms with E-state index in [1.54, 1.807) is 19.1 Å². The Morgan fingerprint density at radius 1 is 1.60 bits per heavy atom. The minimum Gasteiger partial charge on any atom is -0.491 e. The molecule has 4 nitrogen and oxygen atoms in total. The number of aryl methyl sites for hydroxylation is 1. The summed E-state index contributed by atoms with van der Waals surface area (Å²) in [6.07, 6.45) is 0.243. The third kappa shape index (κ3) is 2.71. The lowest BCUT2D eigenvalue weighted by Crippen LogP contribution is -2.05. The van der Waals surface area contributed by atoms with Crippen molar-refractivity contribution in [3.63, 3.8) is 0 Å². The number of aromatic carboxylic acids is 1. The van der Waals surface area contributed by atoms with Gasteiger partial charge in [0.05, 0.1) is 12.5 Å². The topological polar surface area (TPSA) is 70.3 Å². The average Bonchev–Trinajstić information content (AvgIpc) is 2.20. The van der Waals surface area contributed by atoms with Crippen LogP contribution >= 0.6 is 0 Å². The van der Waals surface area contributed by atoms with Crippen LogP contribution in [-0.4, -0.2) is 17.7 Å². The zero-order valence-electron chi connectivity index (χ0n) is 8.36. The average molecular weight is 205 g/mol. The maximum absolute atomic E-state index is 10.9. The first-order chi connectivity index (χ1) is 7.16. The van der Waals surface area contributed by atoms with Crippen molar-refractivity contribution in [3.05, 3.63) is 29.3 Å². The number of carboxylic acid groups (broad SMARTS) is 1. The molecule has 0 atom stereocenters. The zero-order valence-corrected chi connectivity index (χ0v) is 8.36. The highest BCUT2D eigenvalue weighted by molar-refractivity contribution is 5.91. The number of carbonyl (C=O) groups is 1. The van der Waals surface area contributed by atoms with Gasteiger partial charge >= 0.3 is 5.97 Å². The first kappa shape index (κ1) is 11.1. The molecular weight excluding hydrogens is 194 g/mol. The number of hydrogen-bond donors (Lipinski definition) is 1. The smallest absolute Gasteiger partial charge is 0.339 e. The molecule has 0 radical (unpaired) electrons. The summed E-state index contributed by atoms with van der Waals surface area (Å²) in [4.78, 5) is 10.9. The lowest BCUT2D eigenvalue weighted by atomic mass is 10.1. The third-order valence-electron chi connectivity index (χ3n) is 1.90. The second-order valence-corrected chi connectivity index (χ2v) is 3.01. The van der Waals surface area contributed by atoms with Gasteiger partial charge in [0.25, 0.3) is 0 Å². The minimum atomic E-state index is -1.02. The Bertz CT molecular complexity index is 407. The molecule has 1 aromatic carbocycles. The van der Waals surface area contributed by atoms with E-state index in [2.05, 4.69) is 0 Å². The van der Waals surface area contributed by atoms with Gasteiger partial charge in [-0.25, -0.2) is 4.79 Å². The molecule has 0 spiro atoms. The van der Waals surface area contributed by atoms with Crippen LogP contribution in [-0.2, 0) is 0 Å². The monoisotopic (exact) mass is 205 g/mol. The van der Waals surface area contributed by atoms with Crippen molar-refractivity contribution in [2.75, 3.05) is 6.61 Å². The van der Waals surface area contributed by atoms with Crippen LogP contribution < -0.4 is 4.74 Å². The standard InChI is InChI=1S/C11H11NO3/c1-8-4-2-5-9(11(13)14)10(8)15-7-3-6-12/h2,4-5H,3,7H2,1H3,(H,13,14). The Kier molecular flexibility index (Phi) is 3.69. The minimum absolute atomic E-state index is 0.132. The van der Waals surface area contributed by atoms with Gasteiger partial charge in [-0.2, -0.15) is 5.26 Å². The largest absolute Gasteiger partial charge is 0.491 e. The number of benzene rings is 1. The lowest BCUT2D eigenvalue weighted by molar-refractivity contribution is 0.0692. The van der Waals surface area contributed by atoms with Crippen LogP contribution in [0.2, 0.25) is 0 Å². The molecular formula is C11H11NO3. The number of ether oxygens (including phenoxy) is 1. The van der Waals surface area contributed by atoms with Crippen LogP contribution in [0.3, 0.4) is 0 Å². The molecule has 0 heterocycles. The van der Waals surface area contributed by atoms with Crippen LogP contribution in [0.15, 0.2) is 18.2 Å². The van der Waals surface area contributed by atoms with E-state index in [0.29, 0.717) is 5.75 Å². The highest BCUT2D eigenvalue weighted by Crippen LogP contribution is 2.23. The number of nitrogens with zero attached hydrogens (tertiary/aromatic N) is 1. The molecule has 0 amide bonds. The fourth-order valence-electron chi connectivity index (χ4n) is 1.21. The summed E-state index contributed by atoms with van der Waals surface area (Å²) in [7, 11) is 0. The maximum atomic E-state index is 10.9. The van der Waals surface area contributed by atoms with Crippen LogP contribution in [0.5, 0.6) is 5.75 Å². The first-order valence-electron chi connectivity index (χ1n) is 4.49. The fourth-order valence-corrected chi connectivity index (χ4v) is 1.21. The second-order valence-electron chi connectivity index (χ2n) is 3.01. The number of nitriles is 1. The summed E-state index contributed by atoms with van der Waals surface area (Å²) in [5.74, 6) is -0.675. The summed E-state index contributed by atoms with van der Waals surface area (Å²) in [6.45, 7) is 1.98. The highest BCUT2D eigenvalue weighted by atomic mass is 16.5. The molecule has 0 unspecified atom stereocenters. The van der Waals surface area contributed by atoms with E-state index in [-0.39, 0.29) is 18.6 Å². The number of rotatable bonds is 4. The molecule has 0 saturated heterocycles. The van der Waals surface area contributed by atoms with Gasteiger partial charge in [-0.05, 0) is 18.6 Å². The Labute approximate surface area is 87.7 Å². The van der Waals surface area contributed by atoms with Gasteiger partial charge in [0.1, 0.15) is 17.9 Å². The van der Waals surface area contributed by atoms with Gasteiger partial charge < -0.3 is 9.84 Å². The second kappa shape index (κ2) is 5.01.